The molecule has 1 aliphatic rings. The van der Waals surface area contributed by atoms with Crippen LogP contribution in [0.3, 0.4) is 0 Å². The Kier molecular flexibility index (Phi) is 3.11. The van der Waals surface area contributed by atoms with Crippen LogP contribution in [0.5, 0.6) is 0 Å². The van der Waals surface area contributed by atoms with E-state index in [4.69, 9.17) is 0 Å². The van der Waals surface area contributed by atoms with Gasteiger partial charge in [-0.05, 0) is 31.4 Å². The van der Waals surface area contributed by atoms with Crippen LogP contribution in [0.25, 0.3) is 10.2 Å². The second kappa shape index (κ2) is 4.78. The van der Waals surface area contributed by atoms with Gasteiger partial charge in [0.15, 0.2) is 0 Å². The Morgan fingerprint density at radius 3 is 2.89 bits per heavy atom. The Hall–Kier alpha value is -1.68. The molecule has 0 bridgehead atoms. The molecule has 1 aromatic heterocycles. The second-order valence-electron chi connectivity index (χ2n) is 4.97. The average Bonchev–Trinajstić information content (AvgIpc) is 2.84. The monoisotopic (exact) mass is 273 g/mol. The fourth-order valence-corrected chi connectivity index (χ4v) is 3.85. The zero-order valence-corrected chi connectivity index (χ0v) is 11.5. The first-order valence-electron chi connectivity index (χ1n) is 6.40. The molecule has 0 saturated heterocycles. The van der Waals surface area contributed by atoms with E-state index in [0.29, 0.717) is 6.42 Å². The highest BCUT2D eigenvalue weighted by atomic mass is 32.1. The third kappa shape index (κ3) is 2.16. The van der Waals surface area contributed by atoms with Gasteiger partial charge in [-0.2, -0.15) is 0 Å². The molecule has 1 N–H and O–H groups in total. The van der Waals surface area contributed by atoms with Crippen molar-refractivity contribution in [2.75, 3.05) is 0 Å². The van der Waals surface area contributed by atoms with Crippen molar-refractivity contribution in [2.24, 2.45) is 5.92 Å². The zero-order valence-electron chi connectivity index (χ0n) is 10.7. The Bertz CT molecular complexity index is 659. The van der Waals surface area contributed by atoms with Gasteiger partial charge in [-0.3, -0.25) is 4.79 Å². The largest absolute Gasteiger partial charge is 0.481 e. The number of nitrogens with zero attached hydrogens (tertiary/aromatic N) is 1. The Labute approximate surface area is 115 Å². The topological polar surface area (TPSA) is 50.2 Å². The van der Waals surface area contributed by atoms with Crippen LogP contribution in [0.1, 0.15) is 29.3 Å². The van der Waals surface area contributed by atoms with Gasteiger partial charge in [0.25, 0.3) is 0 Å². The molecule has 0 amide bonds. The van der Waals surface area contributed by atoms with Crippen molar-refractivity contribution in [2.45, 2.75) is 25.7 Å². The summed E-state index contributed by atoms with van der Waals surface area (Å²) in [5.74, 6) is -1.05. The molecule has 98 valence electrons. The molecule has 2 aromatic rings. The highest BCUT2D eigenvalue weighted by Gasteiger charge is 2.32. The number of allylic oxidation sites excluding steroid dienone is 2. The summed E-state index contributed by atoms with van der Waals surface area (Å²) < 4.78 is 1.15. The van der Waals surface area contributed by atoms with E-state index in [9.17, 15) is 9.90 Å². The zero-order chi connectivity index (χ0) is 13.4. The Morgan fingerprint density at radius 2 is 2.16 bits per heavy atom. The summed E-state index contributed by atoms with van der Waals surface area (Å²) in [6, 6.07) is 6.12. The molecular weight excluding hydrogens is 258 g/mol. The minimum atomic E-state index is -0.717. The van der Waals surface area contributed by atoms with E-state index in [1.54, 1.807) is 11.3 Å². The first-order valence-corrected chi connectivity index (χ1v) is 7.22. The summed E-state index contributed by atoms with van der Waals surface area (Å²) in [5, 5.41) is 10.3. The number of thiazole rings is 1. The Balaban J connectivity index is 2.05. The summed E-state index contributed by atoms with van der Waals surface area (Å²) >= 11 is 1.63. The maximum Gasteiger partial charge on any atom is 0.307 e. The number of carboxylic acid groups (broad SMARTS) is 1. The van der Waals surface area contributed by atoms with Crippen molar-refractivity contribution in [3.63, 3.8) is 0 Å². The summed E-state index contributed by atoms with van der Waals surface area (Å²) in [7, 11) is 0. The minimum Gasteiger partial charge on any atom is -0.481 e. The molecule has 1 aromatic carbocycles. The van der Waals surface area contributed by atoms with Crippen LogP contribution in [0.2, 0.25) is 0 Å². The molecule has 2 atom stereocenters. The first kappa shape index (κ1) is 12.4. The average molecular weight is 273 g/mol. The number of rotatable bonds is 2. The van der Waals surface area contributed by atoms with Crippen molar-refractivity contribution >= 4 is 27.5 Å². The number of aryl methyl sites for hydroxylation is 1. The molecule has 3 nitrogen and oxygen atoms in total. The molecule has 0 spiro atoms. The van der Waals surface area contributed by atoms with Gasteiger partial charge in [0.2, 0.25) is 0 Å². The molecule has 2 unspecified atom stereocenters. The predicted molar refractivity (Wildman–Crippen MR) is 76.6 cm³/mol. The Morgan fingerprint density at radius 1 is 1.37 bits per heavy atom. The standard InChI is InChI=1S/C15H15NO2S/c1-9-5-4-8-12-13(9)16-14(19-12)10-6-2-3-7-11(10)15(17)18/h2-5,8,10-11H,6-7H2,1H3,(H,17,18). The predicted octanol–water partition coefficient (Wildman–Crippen LogP) is 3.74. The fraction of sp³-hybridized carbons (Fsp3) is 0.333. The van der Waals surface area contributed by atoms with Crippen molar-refractivity contribution in [3.8, 4) is 0 Å². The van der Waals surface area contributed by atoms with Crippen LogP contribution in [-0.4, -0.2) is 16.1 Å². The molecule has 3 rings (SSSR count). The minimum absolute atomic E-state index is 0.0132. The van der Waals surface area contributed by atoms with E-state index in [2.05, 4.69) is 17.1 Å². The number of hydrogen-bond donors (Lipinski definition) is 1. The summed E-state index contributed by atoms with van der Waals surface area (Å²) in [4.78, 5) is 16.1. The van der Waals surface area contributed by atoms with Crippen LogP contribution < -0.4 is 0 Å². The number of benzene rings is 1. The van der Waals surface area contributed by atoms with E-state index in [1.165, 1.54) is 0 Å². The van der Waals surface area contributed by atoms with Crippen molar-refractivity contribution in [1.29, 1.82) is 0 Å². The highest BCUT2D eigenvalue weighted by molar-refractivity contribution is 7.18. The van der Waals surface area contributed by atoms with Crippen LogP contribution in [-0.2, 0) is 4.79 Å². The van der Waals surface area contributed by atoms with Crippen molar-refractivity contribution in [1.82, 2.24) is 4.98 Å². The van der Waals surface area contributed by atoms with Crippen LogP contribution in [0, 0.1) is 12.8 Å². The quantitative estimate of drug-likeness (QED) is 0.848. The van der Waals surface area contributed by atoms with Crippen molar-refractivity contribution < 1.29 is 9.90 Å². The van der Waals surface area contributed by atoms with Gasteiger partial charge < -0.3 is 5.11 Å². The molecule has 1 aliphatic carbocycles. The maximum atomic E-state index is 11.4. The van der Waals surface area contributed by atoms with Crippen LogP contribution in [0.15, 0.2) is 30.4 Å². The third-order valence-electron chi connectivity index (χ3n) is 3.70. The van der Waals surface area contributed by atoms with Gasteiger partial charge in [0.05, 0.1) is 21.1 Å². The van der Waals surface area contributed by atoms with E-state index < -0.39 is 5.97 Å². The first-order chi connectivity index (χ1) is 9.16. The van der Waals surface area contributed by atoms with E-state index in [0.717, 1.165) is 27.2 Å². The lowest BCUT2D eigenvalue weighted by molar-refractivity contribution is -0.142. The normalized spacial score (nSPS) is 22.8. The third-order valence-corrected chi connectivity index (χ3v) is 4.86. The fourth-order valence-electron chi connectivity index (χ4n) is 2.62. The molecule has 0 fully saturated rings. The molecule has 0 saturated carbocycles. The van der Waals surface area contributed by atoms with E-state index in [1.807, 2.05) is 25.1 Å². The maximum absolute atomic E-state index is 11.4. The highest BCUT2D eigenvalue weighted by Crippen LogP contribution is 2.38. The number of carbonyl (C=O) groups is 1. The van der Waals surface area contributed by atoms with Crippen molar-refractivity contribution in [3.05, 3.63) is 40.9 Å². The smallest absolute Gasteiger partial charge is 0.307 e. The summed E-state index contributed by atoms with van der Waals surface area (Å²) in [6.45, 7) is 2.04. The molecular formula is C15H15NO2S. The van der Waals surface area contributed by atoms with Gasteiger partial charge in [-0.1, -0.05) is 24.3 Å². The van der Waals surface area contributed by atoms with E-state index in [-0.39, 0.29) is 11.8 Å². The molecule has 0 radical (unpaired) electrons. The van der Waals surface area contributed by atoms with Gasteiger partial charge >= 0.3 is 5.97 Å². The number of aromatic nitrogens is 1. The molecule has 1 heterocycles. The van der Waals surface area contributed by atoms with Gasteiger partial charge in [-0.15, -0.1) is 11.3 Å². The number of aliphatic carboxylic acids is 1. The lowest BCUT2D eigenvalue weighted by Crippen LogP contribution is -2.23. The van der Waals surface area contributed by atoms with E-state index >= 15 is 0 Å². The van der Waals surface area contributed by atoms with Crippen LogP contribution >= 0.6 is 11.3 Å². The second-order valence-corrected chi connectivity index (χ2v) is 6.03. The molecule has 4 heteroatoms. The lowest BCUT2D eigenvalue weighted by Gasteiger charge is -2.22. The number of para-hydroxylation sites is 1. The summed E-state index contributed by atoms with van der Waals surface area (Å²) in [5.41, 5.74) is 2.17. The van der Waals surface area contributed by atoms with Gasteiger partial charge in [0.1, 0.15) is 0 Å². The number of carboxylic acids is 1. The SMILES string of the molecule is Cc1cccc2sc(C3CC=CCC3C(=O)O)nc12. The molecule has 19 heavy (non-hydrogen) atoms. The number of hydrogen-bond acceptors (Lipinski definition) is 3. The van der Waals surface area contributed by atoms with Crippen LogP contribution in [0.4, 0.5) is 0 Å². The number of fused-ring (bicyclic) bond motifs is 1. The van der Waals surface area contributed by atoms with Gasteiger partial charge in [0, 0.05) is 5.92 Å². The van der Waals surface area contributed by atoms with Gasteiger partial charge in [-0.25, -0.2) is 4.98 Å². The molecule has 0 aliphatic heterocycles. The lowest BCUT2D eigenvalue weighted by atomic mass is 9.83. The summed E-state index contributed by atoms with van der Waals surface area (Å²) in [6.07, 6.45) is 5.42.